The summed E-state index contributed by atoms with van der Waals surface area (Å²) in [6, 6.07) is 0. The lowest BCUT2D eigenvalue weighted by atomic mass is 10.7. The Morgan fingerprint density at radius 2 is 1.70 bits per heavy atom. The van der Waals surface area contributed by atoms with E-state index in [9.17, 15) is 0 Å². The van der Waals surface area contributed by atoms with E-state index < -0.39 is 0 Å². The first kappa shape index (κ1) is 9.36. The molecule has 0 saturated carbocycles. The summed E-state index contributed by atoms with van der Waals surface area (Å²) < 4.78 is 0.840. The lowest BCUT2D eigenvalue weighted by Gasteiger charge is -1.87. The van der Waals surface area contributed by atoms with E-state index in [0.29, 0.717) is 5.95 Å². The summed E-state index contributed by atoms with van der Waals surface area (Å²) in [4.78, 5) is 7.40. The van der Waals surface area contributed by atoms with Gasteiger partial charge >= 0.3 is 0 Å². The van der Waals surface area contributed by atoms with Crippen LogP contribution in [-0.4, -0.2) is 9.97 Å². The maximum Gasteiger partial charge on any atom is 0.219 e. The highest BCUT2D eigenvalue weighted by atomic mass is 79.9. The van der Waals surface area contributed by atoms with Gasteiger partial charge in [-0.1, -0.05) is 13.8 Å². The normalized spacial score (nSPS) is 7.90. The van der Waals surface area contributed by atoms with Gasteiger partial charge in [0.05, 0.1) is 4.47 Å². The third kappa shape index (κ3) is 3.40. The Balaban J connectivity index is 0.000000371. The van der Waals surface area contributed by atoms with Gasteiger partial charge in [-0.2, -0.15) is 0 Å². The quantitative estimate of drug-likeness (QED) is 0.701. The third-order valence-electron chi connectivity index (χ3n) is 0.640. The Bertz CT molecular complexity index is 152. The van der Waals surface area contributed by atoms with Crippen LogP contribution >= 0.6 is 15.9 Å². The molecular formula is C6H10BrN3. The summed E-state index contributed by atoms with van der Waals surface area (Å²) in [7, 11) is 0. The lowest BCUT2D eigenvalue weighted by Crippen LogP contribution is -1.91. The zero-order chi connectivity index (χ0) is 7.98. The number of hydrogen-bond donors (Lipinski definition) is 1. The maximum absolute atomic E-state index is 5.18. The van der Waals surface area contributed by atoms with Gasteiger partial charge in [-0.05, 0) is 15.9 Å². The molecule has 0 aliphatic carbocycles. The number of halogens is 1. The summed E-state index contributed by atoms with van der Waals surface area (Å²) in [5.41, 5.74) is 5.18. The van der Waals surface area contributed by atoms with E-state index in [0.717, 1.165) is 4.47 Å². The van der Waals surface area contributed by atoms with Gasteiger partial charge in [-0.25, -0.2) is 9.97 Å². The predicted octanol–water partition coefficient (Wildman–Crippen LogP) is 1.85. The zero-order valence-corrected chi connectivity index (χ0v) is 7.59. The first-order valence-corrected chi connectivity index (χ1v) is 3.81. The van der Waals surface area contributed by atoms with Crippen LogP contribution in [0.2, 0.25) is 0 Å². The first-order valence-electron chi connectivity index (χ1n) is 3.02. The highest BCUT2D eigenvalue weighted by Gasteiger charge is 1.84. The van der Waals surface area contributed by atoms with Crippen molar-refractivity contribution in [1.29, 1.82) is 0 Å². The Labute approximate surface area is 68.8 Å². The molecule has 0 aromatic carbocycles. The lowest BCUT2D eigenvalue weighted by molar-refractivity contribution is 1.17. The molecule has 0 bridgehead atoms. The van der Waals surface area contributed by atoms with Gasteiger partial charge in [-0.3, -0.25) is 0 Å². The molecule has 1 aromatic rings. The Morgan fingerprint density at radius 3 is 2.00 bits per heavy atom. The minimum atomic E-state index is 0.299. The van der Waals surface area contributed by atoms with E-state index in [4.69, 9.17) is 5.73 Å². The average Bonchev–Trinajstić information content (AvgIpc) is 2.00. The fourth-order valence-electron chi connectivity index (χ4n) is 0.322. The number of nitrogen functional groups attached to an aromatic ring is 1. The molecule has 0 fully saturated rings. The Kier molecular flexibility index (Phi) is 4.84. The Morgan fingerprint density at radius 1 is 1.30 bits per heavy atom. The minimum absolute atomic E-state index is 0.299. The van der Waals surface area contributed by atoms with Crippen LogP contribution in [0.4, 0.5) is 5.95 Å². The minimum Gasteiger partial charge on any atom is -0.368 e. The molecule has 56 valence electrons. The summed E-state index contributed by atoms with van der Waals surface area (Å²) in [6.07, 6.45) is 3.20. The molecule has 0 radical (unpaired) electrons. The molecule has 0 amide bonds. The average molecular weight is 204 g/mol. The summed E-state index contributed by atoms with van der Waals surface area (Å²) in [6.45, 7) is 4.00. The number of hydrogen-bond acceptors (Lipinski definition) is 3. The second-order valence-corrected chi connectivity index (χ2v) is 2.18. The van der Waals surface area contributed by atoms with Crippen LogP contribution in [0, 0.1) is 0 Å². The SMILES string of the molecule is CC.Nc1ncc(Br)cn1. The third-order valence-corrected chi connectivity index (χ3v) is 1.05. The molecule has 1 rings (SSSR count). The number of nitrogens with two attached hydrogens (primary N) is 1. The molecule has 1 heterocycles. The molecule has 0 atom stereocenters. The van der Waals surface area contributed by atoms with E-state index in [2.05, 4.69) is 25.9 Å². The van der Waals surface area contributed by atoms with E-state index in [1.54, 1.807) is 12.4 Å². The number of nitrogens with zero attached hydrogens (tertiary/aromatic N) is 2. The largest absolute Gasteiger partial charge is 0.368 e. The topological polar surface area (TPSA) is 51.8 Å². The second kappa shape index (κ2) is 5.17. The van der Waals surface area contributed by atoms with Gasteiger partial charge in [-0.15, -0.1) is 0 Å². The van der Waals surface area contributed by atoms with E-state index in [-0.39, 0.29) is 0 Å². The zero-order valence-electron chi connectivity index (χ0n) is 6.00. The van der Waals surface area contributed by atoms with Gasteiger partial charge in [0.2, 0.25) is 5.95 Å². The molecule has 4 heteroatoms. The summed E-state index contributed by atoms with van der Waals surface area (Å²) >= 11 is 3.16. The van der Waals surface area contributed by atoms with Crippen molar-refractivity contribution in [2.75, 3.05) is 5.73 Å². The van der Waals surface area contributed by atoms with Gasteiger partial charge in [0, 0.05) is 12.4 Å². The highest BCUT2D eigenvalue weighted by molar-refractivity contribution is 9.10. The molecule has 0 unspecified atom stereocenters. The van der Waals surface area contributed by atoms with Gasteiger partial charge in [0.25, 0.3) is 0 Å². The molecule has 0 aliphatic rings. The fraction of sp³-hybridized carbons (Fsp3) is 0.333. The molecule has 0 saturated heterocycles. The van der Waals surface area contributed by atoms with Crippen LogP contribution in [0.25, 0.3) is 0 Å². The van der Waals surface area contributed by atoms with Crippen molar-refractivity contribution in [2.45, 2.75) is 13.8 Å². The molecule has 10 heavy (non-hydrogen) atoms. The van der Waals surface area contributed by atoms with E-state index in [1.807, 2.05) is 13.8 Å². The van der Waals surface area contributed by atoms with Crippen LogP contribution < -0.4 is 5.73 Å². The van der Waals surface area contributed by atoms with Crippen molar-refractivity contribution < 1.29 is 0 Å². The predicted molar refractivity (Wildman–Crippen MR) is 45.5 cm³/mol. The summed E-state index contributed by atoms with van der Waals surface area (Å²) in [5.74, 6) is 0.299. The van der Waals surface area contributed by atoms with Crippen molar-refractivity contribution in [3.63, 3.8) is 0 Å². The van der Waals surface area contributed by atoms with Crippen molar-refractivity contribution in [2.24, 2.45) is 0 Å². The summed E-state index contributed by atoms with van der Waals surface area (Å²) in [5, 5.41) is 0. The van der Waals surface area contributed by atoms with Crippen molar-refractivity contribution in [3.8, 4) is 0 Å². The molecule has 3 nitrogen and oxygen atoms in total. The fourth-order valence-corrected chi connectivity index (χ4v) is 0.527. The van der Waals surface area contributed by atoms with Crippen molar-refractivity contribution >= 4 is 21.9 Å². The standard InChI is InChI=1S/C4H4BrN3.C2H6/c5-3-1-7-4(6)8-2-3;1-2/h1-2H,(H2,6,7,8);1-2H3. The van der Waals surface area contributed by atoms with Crippen LogP contribution in [0.5, 0.6) is 0 Å². The number of aromatic nitrogens is 2. The highest BCUT2D eigenvalue weighted by Crippen LogP contribution is 2.03. The van der Waals surface area contributed by atoms with Crippen LogP contribution in [0.3, 0.4) is 0 Å². The molecule has 0 aliphatic heterocycles. The van der Waals surface area contributed by atoms with Crippen LogP contribution in [0.15, 0.2) is 16.9 Å². The van der Waals surface area contributed by atoms with Crippen molar-refractivity contribution in [3.05, 3.63) is 16.9 Å². The molecular weight excluding hydrogens is 194 g/mol. The second-order valence-electron chi connectivity index (χ2n) is 1.26. The van der Waals surface area contributed by atoms with Gasteiger partial charge in [0.15, 0.2) is 0 Å². The monoisotopic (exact) mass is 203 g/mol. The van der Waals surface area contributed by atoms with Crippen LogP contribution in [0.1, 0.15) is 13.8 Å². The van der Waals surface area contributed by atoms with Gasteiger partial charge < -0.3 is 5.73 Å². The smallest absolute Gasteiger partial charge is 0.219 e. The molecule has 2 N–H and O–H groups in total. The van der Waals surface area contributed by atoms with E-state index in [1.165, 1.54) is 0 Å². The molecule has 0 spiro atoms. The number of anilines is 1. The van der Waals surface area contributed by atoms with E-state index >= 15 is 0 Å². The van der Waals surface area contributed by atoms with Crippen LogP contribution in [-0.2, 0) is 0 Å². The van der Waals surface area contributed by atoms with Gasteiger partial charge in [0.1, 0.15) is 0 Å². The Hall–Kier alpha value is -0.640. The maximum atomic E-state index is 5.18. The first-order chi connectivity index (χ1) is 4.79. The number of rotatable bonds is 0. The van der Waals surface area contributed by atoms with Crippen molar-refractivity contribution in [1.82, 2.24) is 9.97 Å². The molecule has 1 aromatic heterocycles.